The highest BCUT2D eigenvalue weighted by Crippen LogP contribution is 2.45. The topological polar surface area (TPSA) is 57.7 Å². The van der Waals surface area contributed by atoms with Gasteiger partial charge in [-0.2, -0.15) is 0 Å². The third-order valence-electron chi connectivity index (χ3n) is 4.83. The second-order valence-electron chi connectivity index (χ2n) is 6.37. The van der Waals surface area contributed by atoms with Crippen molar-refractivity contribution in [3.8, 4) is 5.75 Å². The van der Waals surface area contributed by atoms with E-state index in [1.54, 1.807) is 11.8 Å². The van der Waals surface area contributed by atoms with Gasteiger partial charge in [-0.3, -0.25) is 4.79 Å². The average Bonchev–Trinajstić information content (AvgIpc) is 3.16. The van der Waals surface area contributed by atoms with Crippen molar-refractivity contribution in [1.82, 2.24) is 9.88 Å². The summed E-state index contributed by atoms with van der Waals surface area (Å²) in [5, 5.41) is 4.50. The summed E-state index contributed by atoms with van der Waals surface area (Å²) >= 11 is 1.56. The van der Waals surface area contributed by atoms with Crippen LogP contribution in [0.15, 0.2) is 69.9 Å². The van der Waals surface area contributed by atoms with Crippen LogP contribution >= 0.6 is 11.8 Å². The number of nitrogens with one attached hydrogen (secondary N) is 1. The maximum absolute atomic E-state index is 12.5. The first-order valence-corrected chi connectivity index (χ1v) is 9.72. The van der Waals surface area contributed by atoms with Gasteiger partial charge in [-0.25, -0.2) is 4.99 Å². The largest absolute Gasteiger partial charge is 0.494 e. The molecule has 0 fully saturated rings. The van der Waals surface area contributed by atoms with Crippen molar-refractivity contribution in [2.24, 2.45) is 4.99 Å². The van der Waals surface area contributed by atoms with Crippen LogP contribution in [0.2, 0.25) is 0 Å². The normalized spacial score (nSPS) is 17.6. The van der Waals surface area contributed by atoms with Crippen LogP contribution in [0.5, 0.6) is 5.75 Å². The summed E-state index contributed by atoms with van der Waals surface area (Å²) in [5.41, 5.74) is 2.03. The molecule has 0 saturated carbocycles. The summed E-state index contributed by atoms with van der Waals surface area (Å²) < 4.78 is 5.59. The van der Waals surface area contributed by atoms with Crippen molar-refractivity contribution >= 4 is 33.5 Å². The molecule has 27 heavy (non-hydrogen) atoms. The maximum Gasteiger partial charge on any atom is 0.257 e. The SMILES string of the molecule is CCOc1ccc(C2c3c([nH]c(=O)c4ccccc34)N=C3SC=CN32)cc1. The molecule has 0 aliphatic carbocycles. The number of aliphatic imine (C=N–C) groups is 1. The smallest absolute Gasteiger partial charge is 0.257 e. The molecule has 1 unspecified atom stereocenters. The summed E-state index contributed by atoms with van der Waals surface area (Å²) in [7, 11) is 0. The van der Waals surface area contributed by atoms with Crippen LogP contribution in [0.1, 0.15) is 24.1 Å². The lowest BCUT2D eigenvalue weighted by Crippen LogP contribution is -2.30. The molecule has 3 heterocycles. The minimum atomic E-state index is -0.108. The zero-order valence-corrected chi connectivity index (χ0v) is 15.5. The monoisotopic (exact) mass is 375 g/mol. The number of aromatic amines is 1. The number of thioether (sulfide) groups is 1. The zero-order chi connectivity index (χ0) is 18.4. The fourth-order valence-corrected chi connectivity index (χ4v) is 4.43. The molecule has 134 valence electrons. The molecule has 5 nitrogen and oxygen atoms in total. The molecule has 1 aromatic heterocycles. The molecular weight excluding hydrogens is 358 g/mol. The van der Waals surface area contributed by atoms with Gasteiger partial charge < -0.3 is 14.6 Å². The van der Waals surface area contributed by atoms with Crippen molar-refractivity contribution < 1.29 is 4.74 Å². The van der Waals surface area contributed by atoms with Gasteiger partial charge in [-0.05, 0) is 41.5 Å². The van der Waals surface area contributed by atoms with Gasteiger partial charge >= 0.3 is 0 Å². The predicted molar refractivity (Wildman–Crippen MR) is 110 cm³/mol. The molecule has 5 rings (SSSR count). The second kappa shape index (κ2) is 6.32. The van der Waals surface area contributed by atoms with E-state index in [0.717, 1.165) is 27.4 Å². The van der Waals surface area contributed by atoms with E-state index >= 15 is 0 Å². The lowest BCUT2D eigenvalue weighted by Gasteiger charge is -2.33. The quantitative estimate of drug-likeness (QED) is 0.730. The van der Waals surface area contributed by atoms with Gasteiger partial charge in [0.1, 0.15) is 11.6 Å². The molecule has 1 N–H and O–H groups in total. The number of pyridine rings is 1. The van der Waals surface area contributed by atoms with E-state index < -0.39 is 0 Å². The number of ether oxygens (including phenoxy) is 1. The molecule has 1 atom stereocenters. The number of aromatic nitrogens is 1. The van der Waals surface area contributed by atoms with Crippen LogP contribution < -0.4 is 10.3 Å². The van der Waals surface area contributed by atoms with E-state index in [1.807, 2.05) is 54.9 Å². The highest BCUT2D eigenvalue weighted by Gasteiger charge is 2.34. The lowest BCUT2D eigenvalue weighted by atomic mass is 9.92. The van der Waals surface area contributed by atoms with E-state index in [9.17, 15) is 4.79 Å². The summed E-state index contributed by atoms with van der Waals surface area (Å²) in [6, 6.07) is 15.8. The highest BCUT2D eigenvalue weighted by molar-refractivity contribution is 8.16. The first-order chi connectivity index (χ1) is 13.3. The molecule has 3 aromatic rings. The standard InChI is InChI=1S/C21H17N3O2S/c1-2-26-14-9-7-13(8-10-14)18-17-15-5-3-4-6-16(15)20(25)22-19(17)23-21-24(18)11-12-27-21/h3-12,18H,2H2,1H3,(H,22,25). The van der Waals surface area contributed by atoms with Crippen LogP contribution in [0.25, 0.3) is 10.8 Å². The minimum Gasteiger partial charge on any atom is -0.494 e. The third kappa shape index (κ3) is 2.56. The molecule has 2 aliphatic rings. The number of rotatable bonds is 3. The summed E-state index contributed by atoms with van der Waals surface area (Å²) in [6.07, 6.45) is 2.05. The fraction of sp³-hybridized carbons (Fsp3) is 0.143. The Bertz CT molecular complexity index is 1150. The molecule has 6 heteroatoms. The van der Waals surface area contributed by atoms with Crippen molar-refractivity contribution in [1.29, 1.82) is 0 Å². The summed E-state index contributed by atoms with van der Waals surface area (Å²) in [4.78, 5) is 22.4. The number of H-pyrrole nitrogens is 1. The average molecular weight is 375 g/mol. The first kappa shape index (κ1) is 16.2. The number of benzene rings is 2. The first-order valence-electron chi connectivity index (χ1n) is 8.84. The van der Waals surface area contributed by atoms with Crippen LogP contribution in [0, 0.1) is 0 Å². The molecular formula is C21H17N3O2S. The number of fused-ring (bicyclic) bond motifs is 4. The van der Waals surface area contributed by atoms with Gasteiger partial charge in [0.2, 0.25) is 0 Å². The van der Waals surface area contributed by atoms with E-state index in [1.165, 1.54) is 0 Å². The fourth-order valence-electron chi connectivity index (χ4n) is 3.69. The van der Waals surface area contributed by atoms with Gasteiger partial charge in [0, 0.05) is 17.1 Å². The molecule has 0 radical (unpaired) electrons. The number of hydrogen-bond acceptors (Lipinski definition) is 5. The van der Waals surface area contributed by atoms with Gasteiger partial charge in [0.05, 0.1) is 12.6 Å². The zero-order valence-electron chi connectivity index (χ0n) is 14.7. The summed E-state index contributed by atoms with van der Waals surface area (Å²) in [6.45, 7) is 2.61. The van der Waals surface area contributed by atoms with Crippen LogP contribution in [-0.2, 0) is 0 Å². The van der Waals surface area contributed by atoms with Gasteiger partial charge in [-0.1, -0.05) is 42.1 Å². The number of amidine groups is 1. The van der Waals surface area contributed by atoms with Gasteiger partial charge in [0.25, 0.3) is 5.56 Å². The number of nitrogens with zero attached hydrogens (tertiary/aromatic N) is 2. The van der Waals surface area contributed by atoms with Crippen molar-refractivity contribution in [3.63, 3.8) is 0 Å². The van der Waals surface area contributed by atoms with E-state index in [4.69, 9.17) is 9.73 Å². The molecule has 0 saturated heterocycles. The predicted octanol–water partition coefficient (Wildman–Crippen LogP) is 4.54. The number of hydrogen-bond donors (Lipinski definition) is 1. The Morgan fingerprint density at radius 3 is 2.70 bits per heavy atom. The maximum atomic E-state index is 12.5. The molecule has 2 aliphatic heterocycles. The highest BCUT2D eigenvalue weighted by atomic mass is 32.2. The van der Waals surface area contributed by atoms with Crippen molar-refractivity contribution in [2.45, 2.75) is 13.0 Å². The molecule has 0 spiro atoms. The third-order valence-corrected chi connectivity index (χ3v) is 5.60. The van der Waals surface area contributed by atoms with Crippen LogP contribution in [0.4, 0.5) is 5.82 Å². The van der Waals surface area contributed by atoms with Crippen LogP contribution in [0.3, 0.4) is 0 Å². The van der Waals surface area contributed by atoms with E-state index in [0.29, 0.717) is 17.8 Å². The van der Waals surface area contributed by atoms with E-state index in [-0.39, 0.29) is 11.6 Å². The Labute approximate surface area is 160 Å². The minimum absolute atomic E-state index is 0.0591. The Kier molecular flexibility index (Phi) is 3.79. The molecule has 0 amide bonds. The van der Waals surface area contributed by atoms with Gasteiger partial charge in [-0.15, -0.1) is 0 Å². The van der Waals surface area contributed by atoms with Gasteiger partial charge in [0.15, 0.2) is 5.17 Å². The Morgan fingerprint density at radius 2 is 1.93 bits per heavy atom. The lowest BCUT2D eigenvalue weighted by molar-refractivity contribution is 0.340. The Balaban J connectivity index is 1.76. The molecule has 0 bridgehead atoms. The molecule has 2 aromatic carbocycles. The Morgan fingerprint density at radius 1 is 1.15 bits per heavy atom. The Hall–Kier alpha value is -2.99. The second-order valence-corrected chi connectivity index (χ2v) is 7.24. The van der Waals surface area contributed by atoms with E-state index in [2.05, 4.69) is 22.0 Å². The van der Waals surface area contributed by atoms with Crippen molar-refractivity contribution in [2.75, 3.05) is 6.61 Å². The van der Waals surface area contributed by atoms with Crippen LogP contribution in [-0.4, -0.2) is 21.7 Å². The van der Waals surface area contributed by atoms with Crippen molar-refractivity contribution in [3.05, 3.63) is 81.6 Å². The summed E-state index contributed by atoms with van der Waals surface area (Å²) in [5.74, 6) is 1.49.